The van der Waals surface area contributed by atoms with Crippen LogP contribution in [0.3, 0.4) is 0 Å². The minimum atomic E-state index is -3.67. The highest BCUT2D eigenvalue weighted by Crippen LogP contribution is 2.17. The molecule has 0 unspecified atom stereocenters. The summed E-state index contributed by atoms with van der Waals surface area (Å²) in [7, 11) is -4.50. The van der Waals surface area contributed by atoms with Crippen LogP contribution < -0.4 is 4.72 Å². The molecule has 0 bridgehead atoms. The zero-order valence-electron chi connectivity index (χ0n) is 11.4. The SMILES string of the molecule is O=S1CCC(NS(=O)(=O)c2ccccc2C#CCO)CC1. The summed E-state index contributed by atoms with van der Waals surface area (Å²) in [4.78, 5) is 0.109. The Morgan fingerprint density at radius 2 is 1.95 bits per heavy atom. The van der Waals surface area contributed by atoms with E-state index in [1.165, 1.54) is 6.07 Å². The molecule has 2 rings (SSSR count). The van der Waals surface area contributed by atoms with Gasteiger partial charge in [-0.3, -0.25) is 4.21 Å². The fourth-order valence-electron chi connectivity index (χ4n) is 2.13. The number of hydrogen-bond acceptors (Lipinski definition) is 4. The Morgan fingerprint density at radius 1 is 1.29 bits per heavy atom. The minimum Gasteiger partial charge on any atom is -0.384 e. The van der Waals surface area contributed by atoms with Crippen molar-refractivity contribution in [2.75, 3.05) is 18.1 Å². The first-order valence-electron chi connectivity index (χ1n) is 6.59. The van der Waals surface area contributed by atoms with Crippen LogP contribution in [0.15, 0.2) is 29.2 Å². The normalized spacial score (nSPS) is 22.3. The summed E-state index contributed by atoms with van der Waals surface area (Å²) >= 11 is 0. The molecule has 0 atom stereocenters. The molecule has 0 aromatic heterocycles. The van der Waals surface area contributed by atoms with Crippen molar-refractivity contribution in [2.24, 2.45) is 0 Å². The highest BCUT2D eigenvalue weighted by atomic mass is 32.2. The zero-order valence-corrected chi connectivity index (χ0v) is 13.0. The fraction of sp³-hybridized carbons (Fsp3) is 0.429. The predicted octanol–water partition coefficient (Wildman–Crippen LogP) is 0.220. The van der Waals surface area contributed by atoms with Crippen LogP contribution in [0.2, 0.25) is 0 Å². The summed E-state index contributed by atoms with van der Waals surface area (Å²) in [5.74, 6) is 6.16. The summed E-state index contributed by atoms with van der Waals surface area (Å²) in [5.41, 5.74) is 0.360. The van der Waals surface area contributed by atoms with E-state index in [1.807, 2.05) is 0 Å². The summed E-state index contributed by atoms with van der Waals surface area (Å²) in [5, 5.41) is 8.74. The van der Waals surface area contributed by atoms with Crippen LogP contribution >= 0.6 is 0 Å². The van der Waals surface area contributed by atoms with Crippen molar-refractivity contribution in [3.63, 3.8) is 0 Å². The van der Waals surface area contributed by atoms with E-state index < -0.39 is 20.8 Å². The van der Waals surface area contributed by atoms with Crippen LogP contribution in [-0.4, -0.2) is 41.9 Å². The Morgan fingerprint density at radius 3 is 2.62 bits per heavy atom. The Bertz CT molecular complexity index is 678. The zero-order chi connectivity index (χ0) is 15.3. The number of sulfonamides is 1. The first kappa shape index (κ1) is 16.2. The van der Waals surface area contributed by atoms with E-state index in [9.17, 15) is 12.6 Å². The van der Waals surface area contributed by atoms with Crippen LogP contribution in [-0.2, 0) is 20.8 Å². The second-order valence-corrected chi connectivity index (χ2v) is 8.08. The Kier molecular flexibility index (Phi) is 5.53. The van der Waals surface area contributed by atoms with Crippen molar-refractivity contribution in [1.29, 1.82) is 0 Å². The topological polar surface area (TPSA) is 83.5 Å². The smallest absolute Gasteiger partial charge is 0.242 e. The molecule has 1 aromatic carbocycles. The summed E-state index contributed by atoms with van der Waals surface area (Å²) in [6.07, 6.45) is 1.16. The molecule has 0 aliphatic carbocycles. The van der Waals surface area contributed by atoms with Crippen LogP contribution in [0.4, 0.5) is 0 Å². The number of nitrogens with one attached hydrogen (secondary N) is 1. The summed E-state index contributed by atoms with van der Waals surface area (Å²) < 4.78 is 38.9. The molecular weight excluding hydrogens is 310 g/mol. The Balaban J connectivity index is 2.21. The van der Waals surface area contributed by atoms with Crippen molar-refractivity contribution in [1.82, 2.24) is 4.72 Å². The van der Waals surface area contributed by atoms with Gasteiger partial charge in [-0.2, -0.15) is 0 Å². The first-order chi connectivity index (χ1) is 10.0. The fourth-order valence-corrected chi connectivity index (χ4v) is 4.90. The van der Waals surface area contributed by atoms with E-state index in [0.29, 0.717) is 29.9 Å². The summed E-state index contributed by atoms with van der Waals surface area (Å²) in [6.45, 7) is -0.323. The Hall–Kier alpha value is -1.20. The average molecular weight is 327 g/mol. The minimum absolute atomic E-state index is 0.109. The molecule has 1 saturated heterocycles. The molecule has 0 amide bonds. The van der Waals surface area contributed by atoms with Gasteiger partial charge in [-0.25, -0.2) is 13.1 Å². The molecule has 1 aliphatic rings. The van der Waals surface area contributed by atoms with Gasteiger partial charge in [-0.05, 0) is 25.0 Å². The van der Waals surface area contributed by atoms with Gasteiger partial charge >= 0.3 is 0 Å². The maximum Gasteiger partial charge on any atom is 0.242 e. The van der Waals surface area contributed by atoms with Crippen molar-refractivity contribution in [3.8, 4) is 11.8 Å². The van der Waals surface area contributed by atoms with Crippen molar-refractivity contribution in [2.45, 2.75) is 23.8 Å². The van der Waals surface area contributed by atoms with Gasteiger partial charge in [0.2, 0.25) is 10.0 Å². The summed E-state index contributed by atoms with van der Waals surface area (Å²) in [6, 6.07) is 6.24. The number of aliphatic hydroxyl groups excluding tert-OH is 1. The molecule has 1 heterocycles. The van der Waals surface area contributed by atoms with Crippen molar-refractivity contribution >= 4 is 20.8 Å². The molecule has 5 nitrogen and oxygen atoms in total. The maximum atomic E-state index is 12.4. The molecule has 0 radical (unpaired) electrons. The molecule has 0 saturated carbocycles. The number of hydrogen-bond donors (Lipinski definition) is 2. The second kappa shape index (κ2) is 7.18. The average Bonchev–Trinajstić information content (AvgIpc) is 2.47. The lowest BCUT2D eigenvalue weighted by molar-refractivity contribution is 0.350. The van der Waals surface area contributed by atoms with Gasteiger partial charge in [-0.1, -0.05) is 24.0 Å². The molecule has 114 valence electrons. The Labute approximate surface area is 127 Å². The number of benzene rings is 1. The van der Waals surface area contributed by atoms with Gasteiger partial charge in [0.15, 0.2) is 0 Å². The van der Waals surface area contributed by atoms with Gasteiger partial charge in [0.25, 0.3) is 0 Å². The largest absolute Gasteiger partial charge is 0.384 e. The maximum absolute atomic E-state index is 12.4. The first-order valence-corrected chi connectivity index (χ1v) is 9.56. The lowest BCUT2D eigenvalue weighted by Gasteiger charge is -2.22. The molecule has 2 N–H and O–H groups in total. The van der Waals surface area contributed by atoms with Gasteiger partial charge in [-0.15, -0.1) is 0 Å². The number of aliphatic hydroxyl groups is 1. The quantitative estimate of drug-likeness (QED) is 0.778. The lowest BCUT2D eigenvalue weighted by atomic mass is 10.2. The van der Waals surface area contributed by atoms with Gasteiger partial charge in [0.1, 0.15) is 6.61 Å². The van der Waals surface area contributed by atoms with Crippen molar-refractivity contribution < 1.29 is 17.7 Å². The van der Waals surface area contributed by atoms with E-state index >= 15 is 0 Å². The van der Waals surface area contributed by atoms with E-state index in [4.69, 9.17) is 5.11 Å². The molecule has 1 aliphatic heterocycles. The molecule has 21 heavy (non-hydrogen) atoms. The van der Waals surface area contributed by atoms with Gasteiger partial charge < -0.3 is 5.11 Å². The molecule has 0 spiro atoms. The molecule has 1 aromatic rings. The monoisotopic (exact) mass is 327 g/mol. The highest BCUT2D eigenvalue weighted by Gasteiger charge is 2.25. The third-order valence-corrected chi connectivity index (χ3v) is 6.15. The van der Waals surface area contributed by atoms with E-state index in [-0.39, 0.29) is 17.5 Å². The molecule has 7 heteroatoms. The number of rotatable bonds is 3. The molecular formula is C14H17NO4S2. The second-order valence-electron chi connectivity index (χ2n) is 4.70. The highest BCUT2D eigenvalue weighted by molar-refractivity contribution is 7.89. The van der Waals surface area contributed by atoms with Crippen molar-refractivity contribution in [3.05, 3.63) is 29.8 Å². The van der Waals surface area contributed by atoms with Crippen LogP contribution in [0.25, 0.3) is 0 Å². The van der Waals surface area contributed by atoms with E-state index in [0.717, 1.165) is 0 Å². The van der Waals surface area contributed by atoms with E-state index in [1.54, 1.807) is 18.2 Å². The van der Waals surface area contributed by atoms with E-state index in [2.05, 4.69) is 16.6 Å². The standard InChI is InChI=1S/C14H17NO4S2/c16-9-3-5-12-4-1-2-6-14(12)21(18,19)15-13-7-10-20(17)11-8-13/h1-2,4,6,13,15-16H,7-11H2. The third-order valence-electron chi connectivity index (χ3n) is 3.19. The van der Waals surface area contributed by atoms with Crippen LogP contribution in [0.1, 0.15) is 18.4 Å². The predicted molar refractivity (Wildman–Crippen MR) is 81.6 cm³/mol. The van der Waals surface area contributed by atoms with Crippen LogP contribution in [0.5, 0.6) is 0 Å². The lowest BCUT2D eigenvalue weighted by Crippen LogP contribution is -2.39. The third kappa shape index (κ3) is 4.38. The van der Waals surface area contributed by atoms with Crippen LogP contribution in [0, 0.1) is 11.8 Å². The van der Waals surface area contributed by atoms with Gasteiger partial charge in [0, 0.05) is 33.9 Å². The van der Waals surface area contributed by atoms with Gasteiger partial charge in [0.05, 0.1) is 4.90 Å². The molecule has 1 fully saturated rings.